The van der Waals surface area contributed by atoms with Crippen molar-refractivity contribution in [3.8, 4) is 0 Å². The number of halogens is 1. The highest BCUT2D eigenvalue weighted by molar-refractivity contribution is 5.78. The maximum absolute atomic E-state index is 14.0. The highest BCUT2D eigenvalue weighted by atomic mass is 19.1. The van der Waals surface area contributed by atoms with E-state index in [1.807, 2.05) is 0 Å². The van der Waals surface area contributed by atoms with Gasteiger partial charge >= 0.3 is 0 Å². The maximum Gasteiger partial charge on any atom is 0.163 e. The molecule has 0 aromatic heterocycles. The van der Waals surface area contributed by atoms with Crippen LogP contribution in [-0.2, 0) is 20.7 Å². The van der Waals surface area contributed by atoms with Gasteiger partial charge in [-0.25, -0.2) is 4.39 Å². The Morgan fingerprint density at radius 2 is 2.22 bits per heavy atom. The third-order valence-corrected chi connectivity index (χ3v) is 2.87. The standard InChI is InChI=1S/C14H17FO3/c1-9(16)6-10-4-5-11(12(15)7-10)13-8-17-14(2,3)18-13/h4-5,7,13H,6,8H2,1-3H3. The zero-order valence-electron chi connectivity index (χ0n) is 10.8. The van der Waals surface area contributed by atoms with Crippen LogP contribution < -0.4 is 0 Å². The van der Waals surface area contributed by atoms with E-state index in [1.54, 1.807) is 26.0 Å². The summed E-state index contributed by atoms with van der Waals surface area (Å²) in [6, 6.07) is 4.82. The molecule has 1 fully saturated rings. The van der Waals surface area contributed by atoms with E-state index in [-0.39, 0.29) is 24.1 Å². The van der Waals surface area contributed by atoms with Crippen LogP contribution in [0.2, 0.25) is 0 Å². The molecule has 1 aliphatic rings. The van der Waals surface area contributed by atoms with Crippen LogP contribution in [0.5, 0.6) is 0 Å². The van der Waals surface area contributed by atoms with Crippen molar-refractivity contribution >= 4 is 5.78 Å². The quantitative estimate of drug-likeness (QED) is 0.829. The predicted molar refractivity (Wildman–Crippen MR) is 64.6 cm³/mol. The van der Waals surface area contributed by atoms with Crippen LogP contribution in [0, 0.1) is 5.82 Å². The molecule has 18 heavy (non-hydrogen) atoms. The Kier molecular flexibility index (Phi) is 3.50. The Labute approximate surface area is 106 Å². The number of ether oxygens (including phenoxy) is 2. The molecule has 1 heterocycles. The summed E-state index contributed by atoms with van der Waals surface area (Å²) < 4.78 is 25.0. The van der Waals surface area contributed by atoms with Crippen LogP contribution in [0.3, 0.4) is 0 Å². The Morgan fingerprint density at radius 1 is 1.50 bits per heavy atom. The first-order chi connectivity index (χ1) is 8.37. The van der Waals surface area contributed by atoms with E-state index in [9.17, 15) is 9.18 Å². The predicted octanol–water partition coefficient (Wildman–Crippen LogP) is 2.78. The topological polar surface area (TPSA) is 35.5 Å². The zero-order chi connectivity index (χ0) is 13.3. The summed E-state index contributed by atoms with van der Waals surface area (Å²) in [7, 11) is 0. The molecule has 1 unspecified atom stereocenters. The van der Waals surface area contributed by atoms with Crippen molar-refractivity contribution < 1.29 is 18.7 Å². The van der Waals surface area contributed by atoms with Crippen molar-refractivity contribution in [3.63, 3.8) is 0 Å². The molecule has 0 spiro atoms. The maximum atomic E-state index is 14.0. The molecule has 1 saturated heterocycles. The van der Waals surface area contributed by atoms with Gasteiger partial charge in [-0.3, -0.25) is 4.79 Å². The average molecular weight is 252 g/mol. The summed E-state index contributed by atoms with van der Waals surface area (Å²) in [4.78, 5) is 11.0. The van der Waals surface area contributed by atoms with Gasteiger partial charge in [-0.2, -0.15) is 0 Å². The molecule has 0 bridgehead atoms. The van der Waals surface area contributed by atoms with E-state index in [2.05, 4.69) is 0 Å². The van der Waals surface area contributed by atoms with Crippen LogP contribution >= 0.6 is 0 Å². The summed E-state index contributed by atoms with van der Waals surface area (Å²) in [5.74, 6) is -1.00. The molecule has 0 radical (unpaired) electrons. The lowest BCUT2D eigenvalue weighted by atomic mass is 10.0. The molecule has 0 aliphatic carbocycles. The van der Waals surface area contributed by atoms with Crippen molar-refractivity contribution in [2.24, 2.45) is 0 Å². The van der Waals surface area contributed by atoms with Gasteiger partial charge in [-0.1, -0.05) is 12.1 Å². The molecule has 0 amide bonds. The summed E-state index contributed by atoms with van der Waals surface area (Å²) in [5, 5.41) is 0. The van der Waals surface area contributed by atoms with E-state index in [4.69, 9.17) is 9.47 Å². The second-order valence-electron chi connectivity index (χ2n) is 5.05. The molecular weight excluding hydrogens is 235 g/mol. The Morgan fingerprint density at radius 3 is 2.72 bits per heavy atom. The molecule has 1 aliphatic heterocycles. The molecule has 98 valence electrons. The molecule has 3 nitrogen and oxygen atoms in total. The molecule has 0 N–H and O–H groups in total. The van der Waals surface area contributed by atoms with Crippen molar-refractivity contribution in [1.82, 2.24) is 0 Å². The highest BCUT2D eigenvalue weighted by Crippen LogP contribution is 2.34. The van der Waals surface area contributed by atoms with E-state index in [0.717, 1.165) is 0 Å². The van der Waals surface area contributed by atoms with Gasteiger partial charge in [0.25, 0.3) is 0 Å². The molecular formula is C14H17FO3. The molecule has 2 rings (SSSR count). The smallest absolute Gasteiger partial charge is 0.163 e. The largest absolute Gasteiger partial charge is 0.347 e. The first-order valence-electron chi connectivity index (χ1n) is 5.97. The minimum absolute atomic E-state index is 0.0173. The zero-order valence-corrected chi connectivity index (χ0v) is 10.8. The fraction of sp³-hybridized carbons (Fsp3) is 0.500. The molecule has 1 aromatic carbocycles. The molecule has 1 aromatic rings. The summed E-state index contributed by atoms with van der Waals surface area (Å²) >= 11 is 0. The second kappa shape index (κ2) is 4.78. The lowest BCUT2D eigenvalue weighted by Crippen LogP contribution is -2.19. The summed E-state index contributed by atoms with van der Waals surface area (Å²) in [6.07, 6.45) is -0.128. The Balaban J connectivity index is 2.18. The fourth-order valence-electron chi connectivity index (χ4n) is 2.07. The van der Waals surface area contributed by atoms with Crippen LogP contribution in [0.15, 0.2) is 18.2 Å². The minimum atomic E-state index is -0.671. The number of rotatable bonds is 3. The monoisotopic (exact) mass is 252 g/mol. The van der Waals surface area contributed by atoms with Crippen molar-refractivity contribution in [2.75, 3.05) is 6.61 Å². The van der Waals surface area contributed by atoms with Gasteiger partial charge in [0, 0.05) is 12.0 Å². The SMILES string of the molecule is CC(=O)Cc1ccc(C2COC(C)(C)O2)c(F)c1. The van der Waals surface area contributed by atoms with Gasteiger partial charge < -0.3 is 9.47 Å². The van der Waals surface area contributed by atoms with Gasteiger partial charge in [-0.15, -0.1) is 0 Å². The summed E-state index contributed by atoms with van der Waals surface area (Å²) in [6.45, 7) is 5.43. The van der Waals surface area contributed by atoms with E-state index >= 15 is 0 Å². The third kappa shape index (κ3) is 2.94. The number of carbonyl (C=O) groups excluding carboxylic acids is 1. The van der Waals surface area contributed by atoms with Crippen LogP contribution in [-0.4, -0.2) is 18.2 Å². The van der Waals surface area contributed by atoms with Gasteiger partial charge in [0.1, 0.15) is 17.7 Å². The van der Waals surface area contributed by atoms with Crippen LogP contribution in [0.1, 0.15) is 38.0 Å². The Bertz CT molecular complexity index is 468. The van der Waals surface area contributed by atoms with Crippen molar-refractivity contribution in [2.45, 2.75) is 39.1 Å². The lowest BCUT2D eigenvalue weighted by Gasteiger charge is -2.17. The average Bonchev–Trinajstić information content (AvgIpc) is 2.58. The first kappa shape index (κ1) is 13.2. The number of Topliss-reactive ketones (excluding diaryl/α,β-unsaturated/α-hetero) is 1. The number of ketones is 1. The number of hydrogen-bond donors (Lipinski definition) is 0. The second-order valence-corrected chi connectivity index (χ2v) is 5.05. The van der Waals surface area contributed by atoms with Crippen molar-refractivity contribution in [1.29, 1.82) is 0 Å². The normalized spacial score (nSPS) is 22.1. The molecule has 4 heteroatoms. The van der Waals surface area contributed by atoms with Crippen LogP contribution in [0.25, 0.3) is 0 Å². The lowest BCUT2D eigenvalue weighted by molar-refractivity contribution is -0.139. The first-order valence-corrected chi connectivity index (χ1v) is 5.97. The van der Waals surface area contributed by atoms with Crippen molar-refractivity contribution in [3.05, 3.63) is 35.1 Å². The van der Waals surface area contributed by atoms with E-state index < -0.39 is 5.79 Å². The number of hydrogen-bond acceptors (Lipinski definition) is 3. The summed E-state index contributed by atoms with van der Waals surface area (Å²) in [5.41, 5.74) is 1.16. The third-order valence-electron chi connectivity index (χ3n) is 2.87. The number of carbonyl (C=O) groups is 1. The highest BCUT2D eigenvalue weighted by Gasteiger charge is 2.34. The van der Waals surface area contributed by atoms with Gasteiger partial charge in [0.05, 0.1) is 6.61 Å². The molecule has 1 atom stereocenters. The van der Waals surface area contributed by atoms with E-state index in [0.29, 0.717) is 17.7 Å². The van der Waals surface area contributed by atoms with Crippen LogP contribution in [0.4, 0.5) is 4.39 Å². The van der Waals surface area contributed by atoms with E-state index in [1.165, 1.54) is 13.0 Å². The van der Waals surface area contributed by atoms with Gasteiger partial charge in [0.15, 0.2) is 5.79 Å². The van der Waals surface area contributed by atoms with Gasteiger partial charge in [-0.05, 0) is 32.4 Å². The number of benzene rings is 1. The Hall–Kier alpha value is -1.26. The van der Waals surface area contributed by atoms with Gasteiger partial charge in [0.2, 0.25) is 0 Å². The minimum Gasteiger partial charge on any atom is -0.347 e. The molecule has 0 saturated carbocycles. The fourth-order valence-corrected chi connectivity index (χ4v) is 2.07.